The van der Waals surface area contributed by atoms with Crippen LogP contribution in [0.3, 0.4) is 0 Å². The van der Waals surface area contributed by atoms with E-state index in [-0.39, 0.29) is 0 Å². The van der Waals surface area contributed by atoms with Crippen LogP contribution in [0.1, 0.15) is 11.1 Å². The van der Waals surface area contributed by atoms with Crippen LogP contribution in [0, 0.1) is 13.8 Å². The van der Waals surface area contributed by atoms with Gasteiger partial charge in [0.05, 0.1) is 44.5 Å². The van der Waals surface area contributed by atoms with Crippen LogP contribution in [0.25, 0.3) is 98.5 Å². The van der Waals surface area contributed by atoms with Crippen LogP contribution in [0.15, 0.2) is 215 Å². The van der Waals surface area contributed by atoms with Gasteiger partial charge >= 0.3 is 0 Å². The summed E-state index contributed by atoms with van der Waals surface area (Å²) in [5.74, 6) is 0. The van der Waals surface area contributed by atoms with E-state index < -0.39 is 0 Å². The maximum absolute atomic E-state index is 6.53. The quantitative estimate of drug-likeness (QED) is 0.156. The second-order valence-electron chi connectivity index (χ2n) is 18.2. The molecular weight excluding hydrogens is 833 g/mol. The first-order valence-electron chi connectivity index (χ1n) is 23.3. The lowest BCUT2D eigenvalue weighted by molar-refractivity contribution is 0.668. The lowest BCUT2D eigenvalue weighted by Crippen LogP contribution is -2.12. The molecule has 68 heavy (non-hydrogen) atoms. The third-order valence-electron chi connectivity index (χ3n) is 14.5. The minimum absolute atomic E-state index is 0.863. The van der Waals surface area contributed by atoms with Gasteiger partial charge in [0.2, 0.25) is 0 Å². The molecule has 0 saturated heterocycles. The van der Waals surface area contributed by atoms with Crippen molar-refractivity contribution in [3.8, 4) is 0 Å². The Hall–Kier alpha value is -9.00. The van der Waals surface area contributed by atoms with Gasteiger partial charge in [0.1, 0.15) is 22.3 Å². The Morgan fingerprint density at radius 2 is 0.691 bits per heavy atom. The highest BCUT2D eigenvalue weighted by atomic mass is 16.3. The molecule has 0 aliphatic heterocycles. The van der Waals surface area contributed by atoms with Crippen molar-refractivity contribution in [1.29, 1.82) is 0 Å². The number of nitrogens with zero attached hydrogens (tertiary/aromatic N) is 4. The van der Waals surface area contributed by atoms with Gasteiger partial charge in [-0.2, -0.15) is 0 Å². The number of hydrogen-bond acceptors (Lipinski definition) is 4. The molecule has 0 aliphatic carbocycles. The molecule has 0 fully saturated rings. The predicted molar refractivity (Wildman–Crippen MR) is 283 cm³/mol. The lowest BCUT2D eigenvalue weighted by Gasteiger charge is -2.29. The van der Waals surface area contributed by atoms with Crippen LogP contribution in [0.4, 0.5) is 34.1 Å². The number of benzene rings is 10. The normalized spacial score (nSPS) is 12.3. The molecule has 0 radical (unpaired) electrons. The minimum atomic E-state index is 0.863. The smallest absolute Gasteiger partial charge is 0.137 e. The number of aromatic nitrogens is 2. The van der Waals surface area contributed by atoms with Crippen LogP contribution in [0.5, 0.6) is 0 Å². The van der Waals surface area contributed by atoms with Gasteiger partial charge in [-0.3, -0.25) is 0 Å². The fraction of sp³-hybridized carbons (Fsp3) is 0.0323. The van der Waals surface area contributed by atoms with Gasteiger partial charge in [-0.15, -0.1) is 0 Å². The predicted octanol–water partition coefficient (Wildman–Crippen LogP) is 17.6. The summed E-state index contributed by atoms with van der Waals surface area (Å²) in [5.41, 5.74) is 19.3. The molecule has 5 aromatic heterocycles. The first kappa shape index (κ1) is 37.2. The maximum Gasteiger partial charge on any atom is 0.137 e. The summed E-state index contributed by atoms with van der Waals surface area (Å²) in [7, 11) is 0. The average Bonchev–Trinajstić information content (AvgIpc) is 4.14. The number of para-hydroxylation sites is 6. The van der Waals surface area contributed by atoms with Gasteiger partial charge in [-0.05, 0) is 110 Å². The largest absolute Gasteiger partial charge is 0.456 e. The topological polar surface area (TPSA) is 41.6 Å². The number of anilines is 6. The summed E-state index contributed by atoms with van der Waals surface area (Å²) < 4.78 is 18.1. The zero-order chi connectivity index (χ0) is 44.8. The standard InChI is InChI=1S/C62H40N4O2/c1-37-15-3-9-21-47(37)63(39-27-29-43-41-17-7-13-25-55(41)67-57(43)35-39)51-31-33-53-61-59(51)45-19-5-11-23-49(45)65(61)54-34-32-52(60-46-20-6-12-24-50(46)66(53)62(54)60)64(48-22-10-4-16-38(48)2)40-28-30-44-42-18-8-14-26-56(42)68-58(44)36-40/h3-36H,1-2H3. The third kappa shape index (κ3) is 5.00. The average molecular weight is 873 g/mol. The number of aryl methyl sites for hydroxylation is 2. The molecule has 0 N–H and O–H groups in total. The molecule has 0 saturated carbocycles. The van der Waals surface area contributed by atoms with Crippen LogP contribution in [-0.4, -0.2) is 8.80 Å². The number of fused-ring (bicyclic) bond motifs is 14. The Kier molecular flexibility index (Phi) is 7.54. The fourth-order valence-electron chi connectivity index (χ4n) is 11.5. The molecular formula is C62H40N4O2. The van der Waals surface area contributed by atoms with Gasteiger partial charge in [0.15, 0.2) is 0 Å². The minimum Gasteiger partial charge on any atom is -0.456 e. The number of rotatable bonds is 6. The molecule has 6 heteroatoms. The molecule has 0 bridgehead atoms. The van der Waals surface area contributed by atoms with E-state index in [4.69, 9.17) is 8.83 Å². The molecule has 0 unspecified atom stereocenters. The number of hydrogen-bond donors (Lipinski definition) is 0. The van der Waals surface area contributed by atoms with Gasteiger partial charge in [-0.25, -0.2) is 0 Å². The Bertz CT molecular complexity index is 4270. The molecule has 0 spiro atoms. The Morgan fingerprint density at radius 3 is 1.15 bits per heavy atom. The summed E-state index contributed by atoms with van der Waals surface area (Å²) in [5, 5.41) is 9.21. The van der Waals surface area contributed by atoms with E-state index in [1.54, 1.807) is 0 Å². The molecule has 5 heterocycles. The van der Waals surface area contributed by atoms with Crippen molar-refractivity contribution in [2.24, 2.45) is 0 Å². The van der Waals surface area contributed by atoms with E-state index in [2.05, 4.69) is 214 Å². The highest BCUT2D eigenvalue weighted by molar-refractivity contribution is 6.27. The Labute approximate surface area is 389 Å². The van der Waals surface area contributed by atoms with Crippen LogP contribution in [0.2, 0.25) is 0 Å². The van der Waals surface area contributed by atoms with Crippen molar-refractivity contribution in [2.75, 3.05) is 9.80 Å². The summed E-state index contributed by atoms with van der Waals surface area (Å²) in [6.45, 7) is 4.40. The van der Waals surface area contributed by atoms with Crippen molar-refractivity contribution in [2.45, 2.75) is 13.8 Å². The monoisotopic (exact) mass is 872 g/mol. The molecule has 10 aromatic carbocycles. The van der Waals surface area contributed by atoms with Crippen LogP contribution in [-0.2, 0) is 0 Å². The Morgan fingerprint density at radius 1 is 0.309 bits per heavy atom. The van der Waals surface area contributed by atoms with Gasteiger partial charge in [0.25, 0.3) is 0 Å². The van der Waals surface area contributed by atoms with Crippen molar-refractivity contribution in [3.05, 3.63) is 217 Å². The SMILES string of the molecule is Cc1ccccc1N(c1ccc2c(c1)oc1ccccc12)c1ccc2c3c1c1ccccc1n3c1ccc(N(c3ccc4c(c3)oc3ccccc34)c3ccccc3C)c3c4ccccc4n2c31. The molecule has 0 atom stereocenters. The zero-order valence-electron chi connectivity index (χ0n) is 37.2. The van der Waals surface area contributed by atoms with Gasteiger partial charge in [0, 0.05) is 78.0 Å². The fourth-order valence-corrected chi connectivity index (χ4v) is 11.5. The molecule has 0 aliphatic rings. The second-order valence-corrected chi connectivity index (χ2v) is 18.2. The van der Waals surface area contributed by atoms with Crippen molar-refractivity contribution < 1.29 is 8.83 Å². The summed E-state index contributed by atoms with van der Waals surface area (Å²) >= 11 is 0. The van der Waals surface area contributed by atoms with E-state index in [1.807, 2.05) is 24.3 Å². The van der Waals surface area contributed by atoms with Crippen LogP contribution < -0.4 is 9.80 Å². The van der Waals surface area contributed by atoms with E-state index >= 15 is 0 Å². The van der Waals surface area contributed by atoms with Crippen LogP contribution >= 0.6 is 0 Å². The summed E-state index contributed by atoms with van der Waals surface area (Å²) in [6, 6.07) is 74.5. The Balaban J connectivity index is 1.05. The van der Waals surface area contributed by atoms with Crippen molar-refractivity contribution in [1.82, 2.24) is 8.80 Å². The maximum atomic E-state index is 6.53. The molecule has 0 amide bonds. The van der Waals surface area contributed by atoms with E-state index in [0.29, 0.717) is 0 Å². The first-order chi connectivity index (χ1) is 33.6. The van der Waals surface area contributed by atoms with Gasteiger partial charge < -0.3 is 27.4 Å². The summed E-state index contributed by atoms with van der Waals surface area (Å²) in [6.07, 6.45) is 0. The summed E-state index contributed by atoms with van der Waals surface area (Å²) in [4.78, 5) is 4.86. The van der Waals surface area contributed by atoms with E-state index in [9.17, 15) is 0 Å². The van der Waals surface area contributed by atoms with E-state index in [1.165, 1.54) is 43.7 Å². The second kappa shape index (κ2) is 13.8. The van der Waals surface area contributed by atoms with Crippen molar-refractivity contribution >= 4 is 133 Å². The lowest BCUT2D eigenvalue weighted by atomic mass is 10.0. The van der Waals surface area contributed by atoms with Crippen molar-refractivity contribution in [3.63, 3.8) is 0 Å². The van der Waals surface area contributed by atoms with E-state index in [0.717, 1.165) is 100 Å². The first-order valence-corrected chi connectivity index (χ1v) is 23.3. The number of furan rings is 2. The molecule has 6 nitrogen and oxygen atoms in total. The molecule has 320 valence electrons. The molecule has 15 rings (SSSR count). The molecule has 15 aromatic rings. The third-order valence-corrected chi connectivity index (χ3v) is 14.5. The van der Waals surface area contributed by atoms with Gasteiger partial charge in [-0.1, -0.05) is 109 Å². The zero-order valence-corrected chi connectivity index (χ0v) is 37.2. The highest BCUT2D eigenvalue weighted by Gasteiger charge is 2.29. The highest BCUT2D eigenvalue weighted by Crippen LogP contribution is 2.51.